The molecule has 8 heteroatoms. The van der Waals surface area contributed by atoms with Gasteiger partial charge < -0.3 is 14.8 Å². The summed E-state index contributed by atoms with van der Waals surface area (Å²) in [4.78, 5) is 12.7. The van der Waals surface area contributed by atoms with E-state index >= 15 is 0 Å². The second kappa shape index (κ2) is 11.3. The molecule has 1 atom stereocenters. The van der Waals surface area contributed by atoms with Crippen molar-refractivity contribution < 1.29 is 22.7 Å². The Morgan fingerprint density at radius 3 is 2.50 bits per heavy atom. The molecule has 1 aliphatic rings. The number of nitrogens with zero attached hydrogens (tertiary/aromatic N) is 1. The van der Waals surface area contributed by atoms with E-state index in [4.69, 9.17) is 9.47 Å². The topological polar surface area (TPSA) is 84.9 Å². The fourth-order valence-electron chi connectivity index (χ4n) is 3.74. The number of rotatable bonds is 10. The van der Waals surface area contributed by atoms with Gasteiger partial charge in [-0.15, -0.1) is 0 Å². The molecule has 2 aromatic carbocycles. The van der Waals surface area contributed by atoms with Crippen LogP contribution in [0.5, 0.6) is 11.5 Å². The number of amides is 1. The molecule has 0 spiro atoms. The molecular weight excluding hydrogens is 428 g/mol. The third kappa shape index (κ3) is 6.46. The molecule has 0 unspecified atom stereocenters. The van der Waals surface area contributed by atoms with Crippen LogP contribution in [0, 0.1) is 0 Å². The molecular formula is C24H32N2O5S. The summed E-state index contributed by atoms with van der Waals surface area (Å²) in [6.07, 6.45) is 3.43. The first-order valence-electron chi connectivity index (χ1n) is 11.0. The molecule has 0 aromatic heterocycles. The van der Waals surface area contributed by atoms with Gasteiger partial charge in [-0.25, -0.2) is 8.42 Å². The van der Waals surface area contributed by atoms with Crippen LogP contribution in [0.2, 0.25) is 0 Å². The first kappa shape index (κ1) is 24.1. The third-order valence-electron chi connectivity index (χ3n) is 5.48. The summed E-state index contributed by atoms with van der Waals surface area (Å²) < 4.78 is 38.6. The van der Waals surface area contributed by atoms with E-state index in [0.29, 0.717) is 37.4 Å². The lowest BCUT2D eigenvalue weighted by molar-refractivity contribution is -0.121. The molecule has 174 valence electrons. The van der Waals surface area contributed by atoms with Crippen molar-refractivity contribution in [2.24, 2.45) is 0 Å². The maximum absolute atomic E-state index is 13.0. The highest BCUT2D eigenvalue weighted by atomic mass is 32.2. The number of nitrogens with one attached hydrogen (secondary N) is 1. The van der Waals surface area contributed by atoms with Gasteiger partial charge in [-0.3, -0.25) is 4.79 Å². The lowest BCUT2D eigenvalue weighted by atomic mass is 10.1. The Bertz CT molecular complexity index is 989. The minimum atomic E-state index is -3.54. The van der Waals surface area contributed by atoms with E-state index in [1.54, 1.807) is 29.6 Å². The normalized spacial score (nSPS) is 15.7. The first-order valence-corrected chi connectivity index (χ1v) is 12.5. The highest BCUT2D eigenvalue weighted by Crippen LogP contribution is 2.27. The number of hydrogen-bond acceptors (Lipinski definition) is 5. The highest BCUT2D eigenvalue weighted by molar-refractivity contribution is 7.89. The summed E-state index contributed by atoms with van der Waals surface area (Å²) in [5.74, 6) is 1.21. The highest BCUT2D eigenvalue weighted by Gasteiger charge is 2.26. The predicted molar refractivity (Wildman–Crippen MR) is 123 cm³/mol. The summed E-state index contributed by atoms with van der Waals surface area (Å²) in [6.45, 7) is 3.35. The number of sulfonamides is 1. The Kier molecular flexibility index (Phi) is 8.53. The Morgan fingerprint density at radius 2 is 1.81 bits per heavy atom. The van der Waals surface area contributed by atoms with Crippen molar-refractivity contribution in [1.82, 2.24) is 9.62 Å². The Morgan fingerprint density at radius 1 is 1.09 bits per heavy atom. The van der Waals surface area contributed by atoms with Crippen molar-refractivity contribution in [3.8, 4) is 11.5 Å². The summed E-state index contributed by atoms with van der Waals surface area (Å²) in [5, 5.41) is 2.92. The molecule has 1 N–H and O–H groups in total. The summed E-state index contributed by atoms with van der Waals surface area (Å²) in [7, 11) is -2.00. The second-order valence-corrected chi connectivity index (χ2v) is 9.97. The van der Waals surface area contributed by atoms with Crippen LogP contribution < -0.4 is 14.8 Å². The molecule has 0 saturated carbocycles. The van der Waals surface area contributed by atoms with E-state index in [1.165, 1.54) is 0 Å². The van der Waals surface area contributed by atoms with E-state index in [2.05, 4.69) is 5.32 Å². The van der Waals surface area contributed by atoms with Gasteiger partial charge in [0, 0.05) is 19.5 Å². The number of hydrogen-bond donors (Lipinski definition) is 1. The second-order valence-electron chi connectivity index (χ2n) is 8.03. The number of piperidine rings is 1. The monoisotopic (exact) mass is 460 g/mol. The van der Waals surface area contributed by atoms with Gasteiger partial charge in [0.25, 0.3) is 0 Å². The standard InChI is InChI=1S/C24H32N2O5S/c1-19(18-31-21-9-5-3-6-10-21)25-24(27)14-11-20-17-22(12-13-23(20)30-2)32(28,29)26-15-7-4-8-16-26/h3,5-6,9-10,12-13,17,19H,4,7-8,11,14-16,18H2,1-2H3,(H,25,27)/t19-/m1/s1. The van der Waals surface area contributed by atoms with Gasteiger partial charge in [0.15, 0.2) is 0 Å². The zero-order chi connectivity index (χ0) is 23.0. The number of carbonyl (C=O) groups excluding carboxylic acids is 1. The number of aryl methyl sites for hydroxylation is 1. The molecule has 1 saturated heterocycles. The van der Waals surface area contributed by atoms with Gasteiger partial charge in [-0.1, -0.05) is 24.6 Å². The molecule has 1 heterocycles. The van der Waals surface area contributed by atoms with Crippen LogP contribution in [0.3, 0.4) is 0 Å². The van der Waals surface area contributed by atoms with Gasteiger partial charge in [0.2, 0.25) is 15.9 Å². The molecule has 32 heavy (non-hydrogen) atoms. The van der Waals surface area contributed by atoms with Gasteiger partial charge in [-0.2, -0.15) is 4.31 Å². The van der Waals surface area contributed by atoms with Crippen LogP contribution in [0.25, 0.3) is 0 Å². The summed E-state index contributed by atoms with van der Waals surface area (Å²) in [5.41, 5.74) is 0.703. The fraction of sp³-hybridized carbons (Fsp3) is 0.458. The van der Waals surface area contributed by atoms with Crippen molar-refractivity contribution in [1.29, 1.82) is 0 Å². The smallest absolute Gasteiger partial charge is 0.243 e. The molecule has 7 nitrogen and oxygen atoms in total. The minimum absolute atomic E-state index is 0.125. The predicted octanol–water partition coefficient (Wildman–Crippen LogP) is 3.39. The molecule has 0 bridgehead atoms. The maximum atomic E-state index is 13.0. The molecule has 0 aliphatic carbocycles. The van der Waals surface area contributed by atoms with Crippen molar-refractivity contribution in [3.05, 3.63) is 54.1 Å². The zero-order valence-electron chi connectivity index (χ0n) is 18.7. The number of para-hydroxylation sites is 1. The number of carbonyl (C=O) groups is 1. The van der Waals surface area contributed by atoms with Gasteiger partial charge in [0.05, 0.1) is 18.0 Å². The maximum Gasteiger partial charge on any atom is 0.243 e. The van der Waals surface area contributed by atoms with Crippen LogP contribution >= 0.6 is 0 Å². The van der Waals surface area contributed by atoms with Crippen LogP contribution in [-0.2, 0) is 21.2 Å². The molecule has 0 radical (unpaired) electrons. The molecule has 1 amide bonds. The summed E-state index contributed by atoms with van der Waals surface area (Å²) >= 11 is 0. The minimum Gasteiger partial charge on any atom is -0.496 e. The van der Waals surface area contributed by atoms with Crippen LogP contribution in [0.15, 0.2) is 53.4 Å². The number of methoxy groups -OCH3 is 1. The largest absolute Gasteiger partial charge is 0.496 e. The van der Waals surface area contributed by atoms with E-state index in [9.17, 15) is 13.2 Å². The number of benzene rings is 2. The molecule has 1 fully saturated rings. The Balaban J connectivity index is 1.58. The fourth-order valence-corrected chi connectivity index (χ4v) is 5.31. The third-order valence-corrected chi connectivity index (χ3v) is 7.37. The molecule has 2 aromatic rings. The van der Waals surface area contributed by atoms with Crippen molar-refractivity contribution >= 4 is 15.9 Å². The van der Waals surface area contributed by atoms with E-state index in [0.717, 1.165) is 25.0 Å². The van der Waals surface area contributed by atoms with E-state index in [1.807, 2.05) is 37.3 Å². The summed E-state index contributed by atoms with van der Waals surface area (Å²) in [6, 6.07) is 14.2. The average molecular weight is 461 g/mol. The average Bonchev–Trinajstić information content (AvgIpc) is 2.82. The van der Waals surface area contributed by atoms with Crippen molar-refractivity contribution in [2.75, 3.05) is 26.8 Å². The quantitative estimate of drug-likeness (QED) is 0.588. The first-order chi connectivity index (χ1) is 15.4. The lowest BCUT2D eigenvalue weighted by Crippen LogP contribution is -2.37. The molecule has 3 rings (SSSR count). The lowest BCUT2D eigenvalue weighted by Gasteiger charge is -2.26. The van der Waals surface area contributed by atoms with Gasteiger partial charge in [-0.05, 0) is 62.1 Å². The van der Waals surface area contributed by atoms with Crippen LogP contribution in [0.4, 0.5) is 0 Å². The van der Waals surface area contributed by atoms with Gasteiger partial charge in [0.1, 0.15) is 18.1 Å². The van der Waals surface area contributed by atoms with E-state index in [-0.39, 0.29) is 23.3 Å². The van der Waals surface area contributed by atoms with Crippen LogP contribution in [-0.4, -0.2) is 51.5 Å². The SMILES string of the molecule is COc1ccc(S(=O)(=O)N2CCCCC2)cc1CCC(=O)N[C@H](C)COc1ccccc1. The zero-order valence-corrected chi connectivity index (χ0v) is 19.6. The molecule has 1 aliphatic heterocycles. The van der Waals surface area contributed by atoms with Gasteiger partial charge >= 0.3 is 0 Å². The number of ether oxygens (including phenoxy) is 2. The Hall–Kier alpha value is -2.58. The van der Waals surface area contributed by atoms with Crippen molar-refractivity contribution in [2.45, 2.75) is 50.0 Å². The van der Waals surface area contributed by atoms with E-state index < -0.39 is 10.0 Å². The Labute approximate surface area is 190 Å². The van der Waals surface area contributed by atoms with Crippen LogP contribution in [0.1, 0.15) is 38.2 Å². The van der Waals surface area contributed by atoms with Crippen molar-refractivity contribution in [3.63, 3.8) is 0 Å².